The molecule has 60 valence electrons. The number of nitrogens with one attached hydrogen (secondary N) is 1. The minimum absolute atomic E-state index is 0.748. The molecular formula is C9H19N. The molecule has 0 rings (SSSR count). The van der Waals surface area contributed by atoms with Gasteiger partial charge in [-0.25, -0.2) is 0 Å². The predicted octanol–water partition coefficient (Wildman–Crippen LogP) is 2.20. The van der Waals surface area contributed by atoms with Crippen molar-refractivity contribution in [2.45, 2.75) is 26.7 Å². The van der Waals surface area contributed by atoms with Crippen LogP contribution in [0.4, 0.5) is 0 Å². The predicted molar refractivity (Wildman–Crippen MR) is 47.1 cm³/mol. The van der Waals surface area contributed by atoms with E-state index in [9.17, 15) is 0 Å². The highest BCUT2D eigenvalue weighted by molar-refractivity contribution is 4.82. The van der Waals surface area contributed by atoms with Gasteiger partial charge in [0.05, 0.1) is 0 Å². The van der Waals surface area contributed by atoms with Crippen LogP contribution in [0.15, 0.2) is 12.2 Å². The van der Waals surface area contributed by atoms with Crippen molar-refractivity contribution in [1.82, 2.24) is 5.32 Å². The molecule has 0 aliphatic heterocycles. The van der Waals surface area contributed by atoms with Crippen molar-refractivity contribution >= 4 is 0 Å². The summed E-state index contributed by atoms with van der Waals surface area (Å²) in [5.74, 6) is 0.748. The lowest BCUT2D eigenvalue weighted by molar-refractivity contribution is 0.585. The standard InChI is InChI=1S/C9H19N/c1-4-6-9(2)7-5-8-10-3/h4,6,9-10H,5,7-8H2,1-3H3. The van der Waals surface area contributed by atoms with Crippen LogP contribution >= 0.6 is 0 Å². The Morgan fingerprint density at radius 3 is 2.70 bits per heavy atom. The molecule has 10 heavy (non-hydrogen) atoms. The third-order valence-electron chi connectivity index (χ3n) is 1.61. The fourth-order valence-electron chi connectivity index (χ4n) is 1.03. The Hall–Kier alpha value is -0.300. The van der Waals surface area contributed by atoms with E-state index in [1.807, 2.05) is 7.05 Å². The summed E-state index contributed by atoms with van der Waals surface area (Å²) < 4.78 is 0. The molecule has 0 aliphatic rings. The van der Waals surface area contributed by atoms with Gasteiger partial charge in [0.1, 0.15) is 0 Å². The summed E-state index contributed by atoms with van der Waals surface area (Å²) in [7, 11) is 2.00. The first-order chi connectivity index (χ1) is 4.81. The summed E-state index contributed by atoms with van der Waals surface area (Å²) in [6.45, 7) is 5.48. The van der Waals surface area contributed by atoms with Gasteiger partial charge in [-0.15, -0.1) is 0 Å². The van der Waals surface area contributed by atoms with E-state index in [0.717, 1.165) is 12.5 Å². The van der Waals surface area contributed by atoms with Gasteiger partial charge in [0, 0.05) is 0 Å². The van der Waals surface area contributed by atoms with Gasteiger partial charge < -0.3 is 5.32 Å². The van der Waals surface area contributed by atoms with E-state index in [-0.39, 0.29) is 0 Å². The van der Waals surface area contributed by atoms with Crippen LogP contribution < -0.4 is 5.32 Å². The highest BCUT2D eigenvalue weighted by Crippen LogP contribution is 2.05. The Labute approximate surface area is 64.5 Å². The first-order valence-electron chi connectivity index (χ1n) is 4.08. The van der Waals surface area contributed by atoms with Crippen LogP contribution in [0.5, 0.6) is 0 Å². The van der Waals surface area contributed by atoms with Crippen LogP contribution in [-0.2, 0) is 0 Å². The molecule has 0 radical (unpaired) electrons. The van der Waals surface area contributed by atoms with Crippen LogP contribution in [0.2, 0.25) is 0 Å². The molecule has 0 aromatic rings. The SMILES string of the molecule is CC=CC(C)CCCNC. The Balaban J connectivity index is 3.13. The maximum atomic E-state index is 3.14. The smallest absolute Gasteiger partial charge is 0.00517 e. The molecule has 1 heteroatoms. The van der Waals surface area contributed by atoms with Crippen molar-refractivity contribution in [2.24, 2.45) is 5.92 Å². The first kappa shape index (κ1) is 9.70. The van der Waals surface area contributed by atoms with E-state index >= 15 is 0 Å². The lowest BCUT2D eigenvalue weighted by Crippen LogP contribution is -2.08. The maximum absolute atomic E-state index is 3.14. The second kappa shape index (κ2) is 6.81. The van der Waals surface area contributed by atoms with Gasteiger partial charge in [0.25, 0.3) is 0 Å². The normalized spacial score (nSPS) is 14.3. The lowest BCUT2D eigenvalue weighted by atomic mass is 10.1. The fraction of sp³-hybridized carbons (Fsp3) is 0.778. The number of rotatable bonds is 5. The van der Waals surface area contributed by atoms with Crippen molar-refractivity contribution in [3.8, 4) is 0 Å². The molecule has 0 saturated carbocycles. The van der Waals surface area contributed by atoms with Gasteiger partial charge in [-0.1, -0.05) is 19.1 Å². The average molecular weight is 141 g/mol. The van der Waals surface area contributed by atoms with Crippen molar-refractivity contribution in [3.05, 3.63) is 12.2 Å². The largest absolute Gasteiger partial charge is 0.320 e. The Morgan fingerprint density at radius 2 is 2.20 bits per heavy atom. The molecule has 0 bridgehead atoms. The summed E-state index contributed by atoms with van der Waals surface area (Å²) in [6.07, 6.45) is 6.97. The third kappa shape index (κ3) is 5.83. The van der Waals surface area contributed by atoms with Gasteiger partial charge in [0.2, 0.25) is 0 Å². The Bertz CT molecular complexity index is 86.7. The molecule has 0 heterocycles. The van der Waals surface area contributed by atoms with E-state index in [4.69, 9.17) is 0 Å². The monoisotopic (exact) mass is 141 g/mol. The minimum Gasteiger partial charge on any atom is -0.320 e. The molecular weight excluding hydrogens is 122 g/mol. The summed E-state index contributed by atoms with van der Waals surface area (Å²) in [5, 5.41) is 3.14. The summed E-state index contributed by atoms with van der Waals surface area (Å²) in [4.78, 5) is 0. The van der Waals surface area contributed by atoms with E-state index in [1.54, 1.807) is 0 Å². The quantitative estimate of drug-likeness (QED) is 0.457. The molecule has 0 saturated heterocycles. The van der Waals surface area contributed by atoms with Crippen LogP contribution in [0, 0.1) is 5.92 Å². The molecule has 1 atom stereocenters. The minimum atomic E-state index is 0.748. The van der Waals surface area contributed by atoms with Crippen LogP contribution in [0.1, 0.15) is 26.7 Å². The molecule has 0 fully saturated rings. The molecule has 0 aliphatic carbocycles. The molecule has 0 aromatic carbocycles. The van der Waals surface area contributed by atoms with Gasteiger partial charge in [-0.2, -0.15) is 0 Å². The second-order valence-electron chi connectivity index (χ2n) is 2.75. The number of hydrogen-bond acceptors (Lipinski definition) is 1. The van der Waals surface area contributed by atoms with Gasteiger partial charge in [0.15, 0.2) is 0 Å². The Kier molecular flexibility index (Phi) is 6.61. The topological polar surface area (TPSA) is 12.0 Å². The van der Waals surface area contributed by atoms with E-state index in [0.29, 0.717) is 0 Å². The van der Waals surface area contributed by atoms with E-state index in [1.165, 1.54) is 12.8 Å². The maximum Gasteiger partial charge on any atom is -0.00517 e. The first-order valence-corrected chi connectivity index (χ1v) is 4.08. The third-order valence-corrected chi connectivity index (χ3v) is 1.61. The summed E-state index contributed by atoms with van der Waals surface area (Å²) >= 11 is 0. The number of hydrogen-bond donors (Lipinski definition) is 1. The lowest BCUT2D eigenvalue weighted by Gasteiger charge is -2.03. The van der Waals surface area contributed by atoms with Crippen molar-refractivity contribution in [3.63, 3.8) is 0 Å². The molecule has 1 N–H and O–H groups in total. The Morgan fingerprint density at radius 1 is 1.50 bits per heavy atom. The molecule has 0 spiro atoms. The highest BCUT2D eigenvalue weighted by atomic mass is 14.8. The fourth-order valence-corrected chi connectivity index (χ4v) is 1.03. The van der Waals surface area contributed by atoms with Crippen LogP contribution in [0.3, 0.4) is 0 Å². The van der Waals surface area contributed by atoms with Crippen molar-refractivity contribution in [1.29, 1.82) is 0 Å². The molecule has 1 unspecified atom stereocenters. The molecule has 0 amide bonds. The van der Waals surface area contributed by atoms with Gasteiger partial charge in [-0.05, 0) is 39.3 Å². The molecule has 1 nitrogen and oxygen atoms in total. The van der Waals surface area contributed by atoms with Gasteiger partial charge >= 0.3 is 0 Å². The van der Waals surface area contributed by atoms with Gasteiger partial charge in [-0.3, -0.25) is 0 Å². The molecule has 0 aromatic heterocycles. The number of allylic oxidation sites excluding steroid dienone is 2. The highest BCUT2D eigenvalue weighted by Gasteiger charge is 1.93. The van der Waals surface area contributed by atoms with Crippen molar-refractivity contribution in [2.75, 3.05) is 13.6 Å². The van der Waals surface area contributed by atoms with E-state index in [2.05, 4.69) is 31.3 Å². The zero-order chi connectivity index (χ0) is 7.82. The van der Waals surface area contributed by atoms with Crippen molar-refractivity contribution < 1.29 is 0 Å². The second-order valence-corrected chi connectivity index (χ2v) is 2.75. The summed E-state index contributed by atoms with van der Waals surface area (Å²) in [5.41, 5.74) is 0. The van der Waals surface area contributed by atoms with E-state index < -0.39 is 0 Å². The van der Waals surface area contributed by atoms with Crippen LogP contribution in [-0.4, -0.2) is 13.6 Å². The van der Waals surface area contributed by atoms with Crippen LogP contribution in [0.25, 0.3) is 0 Å². The zero-order valence-electron chi connectivity index (χ0n) is 7.35. The zero-order valence-corrected chi connectivity index (χ0v) is 7.35. The average Bonchev–Trinajstić information content (AvgIpc) is 1.89. The summed E-state index contributed by atoms with van der Waals surface area (Å²) in [6, 6.07) is 0.